The lowest BCUT2D eigenvalue weighted by Gasteiger charge is -2.07. The third-order valence-electron chi connectivity index (χ3n) is 4.00. The van der Waals surface area contributed by atoms with E-state index in [0.29, 0.717) is 18.8 Å². The van der Waals surface area contributed by atoms with Crippen LogP contribution in [0, 0.1) is 0 Å². The zero-order valence-corrected chi connectivity index (χ0v) is 14.0. The maximum absolute atomic E-state index is 12.0. The Bertz CT molecular complexity index is 908. The van der Waals surface area contributed by atoms with Crippen molar-refractivity contribution in [2.45, 2.75) is 13.1 Å². The fraction of sp³-hybridized carbons (Fsp3) is 0.158. The SMILES string of the molecule is O=C(NCc1ccc2c(c1)OCO2)NCc1cnn(-c2ccccc2)c1. The van der Waals surface area contributed by atoms with Crippen molar-refractivity contribution in [2.24, 2.45) is 0 Å². The van der Waals surface area contributed by atoms with Gasteiger partial charge in [-0.2, -0.15) is 5.10 Å². The van der Waals surface area contributed by atoms with Gasteiger partial charge in [0.15, 0.2) is 11.5 Å². The summed E-state index contributed by atoms with van der Waals surface area (Å²) in [4.78, 5) is 12.0. The number of urea groups is 1. The van der Waals surface area contributed by atoms with Gasteiger partial charge < -0.3 is 20.1 Å². The highest BCUT2D eigenvalue weighted by molar-refractivity contribution is 5.73. The highest BCUT2D eigenvalue weighted by atomic mass is 16.7. The molecule has 7 heteroatoms. The number of nitrogens with one attached hydrogen (secondary N) is 2. The molecule has 2 heterocycles. The number of benzene rings is 2. The van der Waals surface area contributed by atoms with Gasteiger partial charge in [0, 0.05) is 24.8 Å². The van der Waals surface area contributed by atoms with Crippen LogP contribution in [-0.2, 0) is 13.1 Å². The van der Waals surface area contributed by atoms with Gasteiger partial charge >= 0.3 is 6.03 Å². The van der Waals surface area contributed by atoms with Crippen molar-refractivity contribution < 1.29 is 14.3 Å². The Hall–Kier alpha value is -3.48. The zero-order valence-electron chi connectivity index (χ0n) is 14.0. The van der Waals surface area contributed by atoms with Gasteiger partial charge in [-0.3, -0.25) is 0 Å². The van der Waals surface area contributed by atoms with Gasteiger partial charge in [0.2, 0.25) is 6.79 Å². The monoisotopic (exact) mass is 350 g/mol. The summed E-state index contributed by atoms with van der Waals surface area (Å²) in [5.41, 5.74) is 2.85. The molecule has 0 saturated carbocycles. The summed E-state index contributed by atoms with van der Waals surface area (Å²) in [5, 5.41) is 9.96. The minimum Gasteiger partial charge on any atom is -0.454 e. The fourth-order valence-corrected chi connectivity index (χ4v) is 2.65. The van der Waals surface area contributed by atoms with Crippen LogP contribution >= 0.6 is 0 Å². The number of ether oxygens (including phenoxy) is 2. The minimum atomic E-state index is -0.241. The third kappa shape index (κ3) is 3.61. The summed E-state index contributed by atoms with van der Waals surface area (Å²) >= 11 is 0. The number of nitrogens with zero attached hydrogens (tertiary/aromatic N) is 2. The van der Waals surface area contributed by atoms with Crippen LogP contribution in [0.25, 0.3) is 5.69 Å². The minimum absolute atomic E-state index is 0.239. The second-order valence-electron chi connectivity index (χ2n) is 5.85. The molecule has 2 N–H and O–H groups in total. The van der Waals surface area contributed by atoms with Crippen LogP contribution in [0.5, 0.6) is 11.5 Å². The summed E-state index contributed by atoms with van der Waals surface area (Å²) < 4.78 is 12.4. The predicted octanol–water partition coefficient (Wildman–Crippen LogP) is 2.60. The molecule has 0 bridgehead atoms. The number of hydrogen-bond acceptors (Lipinski definition) is 4. The summed E-state index contributed by atoms with van der Waals surface area (Å²) in [6.45, 7) is 1.05. The first-order valence-corrected chi connectivity index (χ1v) is 8.27. The summed E-state index contributed by atoms with van der Waals surface area (Å²) in [6.07, 6.45) is 3.64. The predicted molar refractivity (Wildman–Crippen MR) is 95.2 cm³/mol. The maximum Gasteiger partial charge on any atom is 0.315 e. The number of fused-ring (bicyclic) bond motifs is 1. The smallest absolute Gasteiger partial charge is 0.315 e. The second-order valence-corrected chi connectivity index (χ2v) is 5.85. The Morgan fingerprint density at radius 3 is 2.62 bits per heavy atom. The van der Waals surface area contributed by atoms with E-state index in [9.17, 15) is 4.79 Å². The number of carbonyl (C=O) groups excluding carboxylic acids is 1. The first kappa shape index (κ1) is 16.0. The number of carbonyl (C=O) groups is 1. The fourth-order valence-electron chi connectivity index (χ4n) is 2.65. The third-order valence-corrected chi connectivity index (χ3v) is 4.00. The van der Waals surface area contributed by atoms with Gasteiger partial charge in [-0.15, -0.1) is 0 Å². The standard InChI is InChI=1S/C19H18N4O3/c24-19(20-9-14-6-7-17-18(8-14)26-13-25-17)21-10-15-11-22-23(12-15)16-4-2-1-3-5-16/h1-8,11-12H,9-10,13H2,(H2,20,21,24). The van der Waals surface area contributed by atoms with E-state index in [1.165, 1.54) is 0 Å². The molecular weight excluding hydrogens is 332 g/mol. The Kier molecular flexibility index (Phi) is 4.42. The highest BCUT2D eigenvalue weighted by Crippen LogP contribution is 2.32. The molecule has 0 spiro atoms. The van der Waals surface area contributed by atoms with Crippen molar-refractivity contribution >= 4 is 6.03 Å². The first-order valence-electron chi connectivity index (χ1n) is 8.27. The van der Waals surface area contributed by atoms with Crippen LogP contribution in [0.15, 0.2) is 60.9 Å². The Morgan fingerprint density at radius 1 is 1.00 bits per heavy atom. The van der Waals surface area contributed by atoms with Crippen molar-refractivity contribution in [3.05, 3.63) is 72.1 Å². The lowest BCUT2D eigenvalue weighted by molar-refractivity contribution is 0.174. The lowest BCUT2D eigenvalue weighted by Crippen LogP contribution is -2.34. The first-order chi connectivity index (χ1) is 12.8. The van der Waals surface area contributed by atoms with Crippen LogP contribution in [0.4, 0.5) is 4.79 Å². The van der Waals surface area contributed by atoms with E-state index in [2.05, 4.69) is 15.7 Å². The average molecular weight is 350 g/mol. The molecule has 4 rings (SSSR count). The maximum atomic E-state index is 12.0. The van der Waals surface area contributed by atoms with Crippen LogP contribution in [0.2, 0.25) is 0 Å². The molecule has 1 aromatic heterocycles. The molecule has 2 aromatic carbocycles. The average Bonchev–Trinajstić information content (AvgIpc) is 3.34. The summed E-state index contributed by atoms with van der Waals surface area (Å²) in [6, 6.07) is 15.2. The molecule has 7 nitrogen and oxygen atoms in total. The molecule has 2 amide bonds. The molecule has 0 saturated heterocycles. The van der Waals surface area contributed by atoms with E-state index in [-0.39, 0.29) is 12.8 Å². The second kappa shape index (κ2) is 7.18. The van der Waals surface area contributed by atoms with Gasteiger partial charge in [0.25, 0.3) is 0 Å². The quantitative estimate of drug-likeness (QED) is 0.741. The normalized spacial score (nSPS) is 12.0. The lowest BCUT2D eigenvalue weighted by atomic mass is 10.2. The Balaban J connectivity index is 1.27. The van der Waals surface area contributed by atoms with Crippen LogP contribution < -0.4 is 20.1 Å². The van der Waals surface area contributed by atoms with E-state index in [1.807, 2.05) is 54.7 Å². The number of hydrogen-bond donors (Lipinski definition) is 2. The van der Waals surface area contributed by atoms with Crippen molar-refractivity contribution in [1.29, 1.82) is 0 Å². The van der Waals surface area contributed by atoms with Gasteiger partial charge in [0.1, 0.15) is 0 Å². The number of rotatable bonds is 5. The van der Waals surface area contributed by atoms with Crippen LogP contribution in [0.1, 0.15) is 11.1 Å². The van der Waals surface area contributed by atoms with Crippen LogP contribution in [0.3, 0.4) is 0 Å². The molecular formula is C19H18N4O3. The van der Waals surface area contributed by atoms with E-state index >= 15 is 0 Å². The van der Waals surface area contributed by atoms with E-state index in [4.69, 9.17) is 9.47 Å². The summed E-state index contributed by atoms with van der Waals surface area (Å²) in [7, 11) is 0. The van der Waals surface area contributed by atoms with Crippen molar-refractivity contribution in [3.8, 4) is 17.2 Å². The molecule has 0 fully saturated rings. The largest absolute Gasteiger partial charge is 0.454 e. The van der Waals surface area contributed by atoms with Crippen molar-refractivity contribution in [2.75, 3.05) is 6.79 Å². The molecule has 0 unspecified atom stereocenters. The molecule has 0 atom stereocenters. The van der Waals surface area contributed by atoms with Crippen LogP contribution in [-0.4, -0.2) is 22.6 Å². The molecule has 3 aromatic rings. The molecule has 1 aliphatic heterocycles. The highest BCUT2D eigenvalue weighted by Gasteiger charge is 2.13. The van der Waals surface area contributed by atoms with E-state index in [1.54, 1.807) is 10.9 Å². The molecule has 0 aliphatic carbocycles. The van der Waals surface area contributed by atoms with E-state index in [0.717, 1.165) is 22.6 Å². The van der Waals surface area contributed by atoms with Gasteiger partial charge in [-0.25, -0.2) is 9.48 Å². The van der Waals surface area contributed by atoms with Crippen molar-refractivity contribution in [3.63, 3.8) is 0 Å². The number of para-hydroxylation sites is 1. The zero-order chi connectivity index (χ0) is 17.8. The molecule has 1 aliphatic rings. The topological polar surface area (TPSA) is 77.4 Å². The molecule has 26 heavy (non-hydrogen) atoms. The molecule has 132 valence electrons. The van der Waals surface area contributed by atoms with Crippen molar-refractivity contribution in [1.82, 2.24) is 20.4 Å². The number of amides is 2. The van der Waals surface area contributed by atoms with Gasteiger partial charge in [-0.1, -0.05) is 24.3 Å². The Morgan fingerprint density at radius 2 is 1.77 bits per heavy atom. The van der Waals surface area contributed by atoms with Gasteiger partial charge in [0.05, 0.1) is 11.9 Å². The van der Waals surface area contributed by atoms with Gasteiger partial charge in [-0.05, 0) is 29.8 Å². The summed E-state index contributed by atoms with van der Waals surface area (Å²) in [5.74, 6) is 1.44. The number of aromatic nitrogens is 2. The molecule has 0 radical (unpaired) electrons. The van der Waals surface area contributed by atoms with E-state index < -0.39 is 0 Å². The Labute approximate surface area is 150 Å².